The highest BCUT2D eigenvalue weighted by atomic mass is 19.3. The Kier molecular flexibility index (Phi) is 3.25. The van der Waals surface area contributed by atoms with E-state index in [0.29, 0.717) is 23.7 Å². The third kappa shape index (κ3) is 2.31. The zero-order valence-electron chi connectivity index (χ0n) is 11.1. The van der Waals surface area contributed by atoms with Gasteiger partial charge in [0.25, 0.3) is 0 Å². The smallest absolute Gasteiger partial charge is 0.332 e. The van der Waals surface area contributed by atoms with Crippen LogP contribution in [0.3, 0.4) is 0 Å². The van der Waals surface area contributed by atoms with Crippen molar-refractivity contribution in [2.75, 3.05) is 13.1 Å². The molecular formula is C14H15F2N3O. The molecule has 0 atom stereocenters. The van der Waals surface area contributed by atoms with E-state index in [4.69, 9.17) is 4.52 Å². The van der Waals surface area contributed by atoms with Gasteiger partial charge in [-0.15, -0.1) is 0 Å². The number of hydrogen-bond donors (Lipinski definition) is 1. The lowest BCUT2D eigenvalue weighted by Crippen LogP contribution is -2.43. The lowest BCUT2D eigenvalue weighted by atomic mass is 9.99. The molecule has 0 unspecified atom stereocenters. The van der Waals surface area contributed by atoms with Gasteiger partial charge in [-0.2, -0.15) is 13.8 Å². The van der Waals surface area contributed by atoms with E-state index in [2.05, 4.69) is 15.5 Å². The molecule has 1 aliphatic heterocycles. The Morgan fingerprint density at radius 3 is 2.75 bits per heavy atom. The van der Waals surface area contributed by atoms with Gasteiger partial charge in [0.15, 0.2) is 5.82 Å². The largest absolute Gasteiger partial charge is 0.350 e. The molecule has 0 radical (unpaired) electrons. The summed E-state index contributed by atoms with van der Waals surface area (Å²) in [6, 6.07) is 6.32. The number of aryl methyl sites for hydroxylation is 1. The molecule has 1 N–H and O–H groups in total. The van der Waals surface area contributed by atoms with Gasteiger partial charge < -0.3 is 9.84 Å². The third-order valence-corrected chi connectivity index (χ3v) is 3.56. The van der Waals surface area contributed by atoms with E-state index in [1.54, 1.807) is 25.1 Å². The topological polar surface area (TPSA) is 51.0 Å². The molecule has 4 nitrogen and oxygen atoms in total. The molecule has 106 valence electrons. The minimum atomic E-state index is -3.26. The van der Waals surface area contributed by atoms with Crippen LogP contribution < -0.4 is 5.32 Å². The molecule has 2 aromatic rings. The summed E-state index contributed by atoms with van der Waals surface area (Å²) in [6.45, 7) is 3.39. The predicted octanol–water partition coefficient (Wildman–Crippen LogP) is 2.28. The highest BCUT2D eigenvalue weighted by Crippen LogP contribution is 2.36. The lowest BCUT2D eigenvalue weighted by Gasteiger charge is -2.25. The summed E-state index contributed by atoms with van der Waals surface area (Å²) in [7, 11) is 0. The Bertz CT molecular complexity index is 608. The van der Waals surface area contributed by atoms with Crippen molar-refractivity contribution < 1.29 is 13.3 Å². The van der Waals surface area contributed by atoms with Gasteiger partial charge in [0.05, 0.1) is 0 Å². The van der Waals surface area contributed by atoms with Crippen molar-refractivity contribution in [1.29, 1.82) is 0 Å². The van der Waals surface area contributed by atoms with Crippen molar-refractivity contribution in [2.24, 2.45) is 5.92 Å². The second-order valence-corrected chi connectivity index (χ2v) is 5.13. The van der Waals surface area contributed by atoms with E-state index < -0.39 is 11.8 Å². The Balaban J connectivity index is 1.85. The maximum absolute atomic E-state index is 14.4. The number of alkyl halides is 2. The van der Waals surface area contributed by atoms with Crippen molar-refractivity contribution >= 4 is 0 Å². The van der Waals surface area contributed by atoms with Gasteiger partial charge in [0.1, 0.15) is 0 Å². The van der Waals surface area contributed by atoms with Crippen LogP contribution in [0, 0.1) is 12.8 Å². The van der Waals surface area contributed by atoms with Crippen molar-refractivity contribution in [3.63, 3.8) is 0 Å². The number of benzene rings is 1. The number of nitrogens with one attached hydrogen (secondary N) is 1. The first-order valence-electron chi connectivity index (χ1n) is 6.55. The molecule has 1 aromatic carbocycles. The zero-order valence-corrected chi connectivity index (χ0v) is 11.1. The van der Waals surface area contributed by atoms with E-state index in [1.165, 1.54) is 6.07 Å². The maximum Gasteiger partial charge on any atom is 0.350 e. The molecule has 3 rings (SSSR count). The number of hydrogen-bond acceptors (Lipinski definition) is 4. The van der Waals surface area contributed by atoms with Crippen LogP contribution in [0.2, 0.25) is 0 Å². The standard InChI is InChI=1S/C14H15F2N3O/c1-9-4-2-3-5-11(9)14(15,16)13-18-12(19-20-13)6-10-7-17-8-10/h2-5,10,17H,6-8H2,1H3. The van der Waals surface area contributed by atoms with E-state index in [0.717, 1.165) is 13.1 Å². The number of aromatic nitrogens is 2. The molecule has 20 heavy (non-hydrogen) atoms. The van der Waals surface area contributed by atoms with Gasteiger partial charge in [-0.05, 0) is 31.5 Å². The number of rotatable bonds is 4. The minimum Gasteiger partial charge on any atom is -0.332 e. The normalized spacial score (nSPS) is 16.1. The summed E-state index contributed by atoms with van der Waals surface area (Å²) in [6.07, 6.45) is 0.570. The highest BCUT2D eigenvalue weighted by molar-refractivity contribution is 5.33. The number of halogens is 2. The summed E-state index contributed by atoms with van der Waals surface area (Å²) >= 11 is 0. The summed E-state index contributed by atoms with van der Waals surface area (Å²) in [4.78, 5) is 3.87. The molecule has 6 heteroatoms. The molecule has 1 aliphatic rings. The summed E-state index contributed by atoms with van der Waals surface area (Å²) in [5.41, 5.74) is 0.404. The van der Waals surface area contributed by atoms with E-state index in [1.807, 2.05) is 0 Å². The molecule has 2 heterocycles. The fraction of sp³-hybridized carbons (Fsp3) is 0.429. The Morgan fingerprint density at radius 1 is 1.35 bits per heavy atom. The van der Waals surface area contributed by atoms with Crippen LogP contribution in [-0.2, 0) is 12.3 Å². The van der Waals surface area contributed by atoms with Crippen LogP contribution in [0.4, 0.5) is 8.78 Å². The van der Waals surface area contributed by atoms with Gasteiger partial charge in [0.2, 0.25) is 0 Å². The summed E-state index contributed by atoms with van der Waals surface area (Å²) in [5, 5.41) is 6.78. The van der Waals surface area contributed by atoms with Crippen LogP contribution in [-0.4, -0.2) is 23.2 Å². The van der Waals surface area contributed by atoms with Crippen molar-refractivity contribution in [2.45, 2.75) is 19.3 Å². The van der Waals surface area contributed by atoms with Crippen molar-refractivity contribution in [1.82, 2.24) is 15.5 Å². The average molecular weight is 279 g/mol. The first-order valence-corrected chi connectivity index (χ1v) is 6.55. The summed E-state index contributed by atoms with van der Waals surface area (Å²) < 4.78 is 33.6. The van der Waals surface area contributed by atoms with Crippen LogP contribution in [0.1, 0.15) is 22.8 Å². The first kappa shape index (κ1) is 13.2. The van der Waals surface area contributed by atoms with E-state index >= 15 is 0 Å². The molecule has 0 aliphatic carbocycles. The van der Waals surface area contributed by atoms with E-state index in [-0.39, 0.29) is 5.56 Å². The van der Waals surface area contributed by atoms with Crippen molar-refractivity contribution in [3.05, 3.63) is 47.1 Å². The highest BCUT2D eigenvalue weighted by Gasteiger charge is 2.41. The third-order valence-electron chi connectivity index (χ3n) is 3.56. The van der Waals surface area contributed by atoms with Gasteiger partial charge in [-0.3, -0.25) is 0 Å². The SMILES string of the molecule is Cc1ccccc1C(F)(F)c1nc(CC2CNC2)no1. The fourth-order valence-electron chi connectivity index (χ4n) is 2.26. The Hall–Kier alpha value is -1.82. The molecular weight excluding hydrogens is 264 g/mol. The molecule has 1 aromatic heterocycles. The molecule has 0 spiro atoms. The van der Waals surface area contributed by atoms with Gasteiger partial charge in [-0.25, -0.2) is 0 Å². The fourth-order valence-corrected chi connectivity index (χ4v) is 2.26. The first-order chi connectivity index (χ1) is 9.57. The maximum atomic E-state index is 14.4. The molecule has 0 saturated carbocycles. The van der Waals surface area contributed by atoms with E-state index in [9.17, 15) is 8.78 Å². The van der Waals surface area contributed by atoms with Crippen LogP contribution >= 0.6 is 0 Å². The predicted molar refractivity (Wildman–Crippen MR) is 68.5 cm³/mol. The molecule has 0 amide bonds. The lowest BCUT2D eigenvalue weighted by molar-refractivity contribution is 0.00703. The number of nitrogens with zero attached hydrogens (tertiary/aromatic N) is 2. The zero-order chi connectivity index (χ0) is 14.2. The molecule has 0 bridgehead atoms. The Morgan fingerprint density at radius 2 is 2.10 bits per heavy atom. The summed E-state index contributed by atoms with van der Waals surface area (Å²) in [5.74, 6) is -3.13. The van der Waals surface area contributed by atoms with Crippen LogP contribution in [0.25, 0.3) is 0 Å². The molecule has 1 fully saturated rings. The van der Waals surface area contributed by atoms with Crippen LogP contribution in [0.5, 0.6) is 0 Å². The second kappa shape index (κ2) is 4.94. The van der Waals surface area contributed by atoms with Crippen molar-refractivity contribution in [3.8, 4) is 0 Å². The van der Waals surface area contributed by atoms with Gasteiger partial charge >= 0.3 is 11.8 Å². The van der Waals surface area contributed by atoms with Gasteiger partial charge in [0, 0.05) is 12.0 Å². The monoisotopic (exact) mass is 279 g/mol. The average Bonchev–Trinajstić information content (AvgIpc) is 2.83. The van der Waals surface area contributed by atoms with Crippen LogP contribution in [0.15, 0.2) is 28.8 Å². The second-order valence-electron chi connectivity index (χ2n) is 5.13. The van der Waals surface area contributed by atoms with Gasteiger partial charge in [-0.1, -0.05) is 29.4 Å². The minimum absolute atomic E-state index is 0.0967. The molecule has 1 saturated heterocycles. The Labute approximate surface area is 115 Å². The quantitative estimate of drug-likeness (QED) is 0.933.